The molecule has 134 valence electrons. The van der Waals surface area contributed by atoms with Gasteiger partial charge in [0, 0.05) is 18.3 Å². The van der Waals surface area contributed by atoms with Gasteiger partial charge in [0.15, 0.2) is 0 Å². The molecule has 0 bridgehead atoms. The first-order valence-corrected chi connectivity index (χ1v) is 9.02. The van der Waals surface area contributed by atoms with E-state index in [-0.39, 0.29) is 17.6 Å². The Labute approximate surface area is 160 Å². The van der Waals surface area contributed by atoms with Gasteiger partial charge in [0.05, 0.1) is 26.6 Å². The molecule has 2 aliphatic rings. The first kappa shape index (κ1) is 17.3. The van der Waals surface area contributed by atoms with E-state index in [9.17, 15) is 14.9 Å². The number of nitro groups is 1. The Morgan fingerprint density at radius 1 is 1.12 bits per heavy atom. The summed E-state index contributed by atoms with van der Waals surface area (Å²) in [5.41, 5.74) is 1.09. The molecule has 8 heteroatoms. The van der Waals surface area contributed by atoms with E-state index >= 15 is 0 Å². The molecule has 2 saturated heterocycles. The van der Waals surface area contributed by atoms with Crippen LogP contribution in [0.25, 0.3) is 0 Å². The van der Waals surface area contributed by atoms with Crippen molar-refractivity contribution in [3.05, 3.63) is 68.2 Å². The van der Waals surface area contributed by atoms with Crippen LogP contribution in [0.1, 0.15) is 24.6 Å². The minimum Gasteiger partial charge on any atom is -0.290 e. The fourth-order valence-corrected chi connectivity index (χ4v) is 4.16. The third-order valence-corrected chi connectivity index (χ3v) is 5.71. The van der Waals surface area contributed by atoms with Crippen LogP contribution >= 0.6 is 23.2 Å². The second-order valence-electron chi connectivity index (χ2n) is 6.39. The molecule has 1 amide bonds. The summed E-state index contributed by atoms with van der Waals surface area (Å²) in [7, 11) is 0. The molecule has 2 aliphatic heterocycles. The summed E-state index contributed by atoms with van der Waals surface area (Å²) >= 11 is 12.1. The molecule has 2 aromatic rings. The molecule has 0 saturated carbocycles. The fourth-order valence-electron chi connectivity index (χ4n) is 3.87. The lowest BCUT2D eigenvalue weighted by atomic mass is 10.1. The van der Waals surface area contributed by atoms with Gasteiger partial charge in [0.2, 0.25) is 5.91 Å². The molecule has 0 aliphatic carbocycles. The quantitative estimate of drug-likeness (QED) is 0.573. The van der Waals surface area contributed by atoms with Crippen LogP contribution in [0.2, 0.25) is 10.0 Å². The maximum absolute atomic E-state index is 13.1. The van der Waals surface area contributed by atoms with Crippen molar-refractivity contribution < 1.29 is 9.72 Å². The molecule has 0 radical (unpaired) electrons. The second kappa shape index (κ2) is 6.54. The van der Waals surface area contributed by atoms with E-state index < -0.39 is 11.1 Å². The molecule has 0 spiro atoms. The minimum absolute atomic E-state index is 0.00269. The van der Waals surface area contributed by atoms with Crippen molar-refractivity contribution in [2.24, 2.45) is 0 Å². The number of anilines is 1. The third-order valence-electron chi connectivity index (χ3n) is 4.97. The number of hydrogen-bond donors (Lipinski definition) is 0. The average Bonchev–Trinajstić information content (AvgIpc) is 3.20. The molecule has 6 nitrogen and oxygen atoms in total. The number of carbonyl (C=O) groups is 1. The predicted molar refractivity (Wildman–Crippen MR) is 99.5 cm³/mol. The molecular formula is C18H15Cl2N3O3. The Hall–Kier alpha value is -2.15. The van der Waals surface area contributed by atoms with Gasteiger partial charge >= 0.3 is 0 Å². The highest BCUT2D eigenvalue weighted by molar-refractivity contribution is 6.42. The molecule has 2 heterocycles. The number of hydrogen-bond acceptors (Lipinski definition) is 4. The number of rotatable bonds is 3. The SMILES string of the molecule is O=C1[C@@H]2CCCN2[C@@H](c2ccccc2[N+](=O)[O-])N1c1ccc(Cl)c(Cl)c1. The van der Waals surface area contributed by atoms with Crippen molar-refractivity contribution >= 4 is 40.5 Å². The number of carbonyl (C=O) groups excluding carboxylic acids is 1. The van der Waals surface area contributed by atoms with Gasteiger partial charge in [-0.25, -0.2) is 0 Å². The van der Waals surface area contributed by atoms with Gasteiger partial charge in [0.25, 0.3) is 5.69 Å². The molecule has 4 rings (SSSR count). The summed E-state index contributed by atoms with van der Waals surface area (Å²) < 4.78 is 0. The van der Waals surface area contributed by atoms with Crippen molar-refractivity contribution in [3.8, 4) is 0 Å². The zero-order chi connectivity index (χ0) is 18.4. The molecule has 0 unspecified atom stereocenters. The highest BCUT2D eigenvalue weighted by atomic mass is 35.5. The first-order valence-electron chi connectivity index (χ1n) is 8.26. The number of halogens is 2. The average molecular weight is 392 g/mol. The van der Waals surface area contributed by atoms with Crippen molar-refractivity contribution in [3.63, 3.8) is 0 Å². The van der Waals surface area contributed by atoms with Crippen molar-refractivity contribution in [1.82, 2.24) is 4.90 Å². The fraction of sp³-hybridized carbons (Fsp3) is 0.278. The largest absolute Gasteiger partial charge is 0.290 e. The lowest BCUT2D eigenvalue weighted by Crippen LogP contribution is -2.32. The molecular weight excluding hydrogens is 377 g/mol. The number of fused-ring (bicyclic) bond motifs is 1. The molecule has 2 aromatic carbocycles. The minimum atomic E-state index is -0.533. The van der Waals surface area contributed by atoms with Crippen molar-refractivity contribution in [2.75, 3.05) is 11.4 Å². The van der Waals surface area contributed by atoms with E-state index in [2.05, 4.69) is 0 Å². The molecule has 2 fully saturated rings. The van der Waals surface area contributed by atoms with Crippen LogP contribution in [0.3, 0.4) is 0 Å². The smallest absolute Gasteiger partial charge is 0.276 e. The summed E-state index contributed by atoms with van der Waals surface area (Å²) in [6.45, 7) is 0.713. The van der Waals surface area contributed by atoms with Gasteiger partial charge < -0.3 is 0 Å². The zero-order valence-electron chi connectivity index (χ0n) is 13.6. The Balaban J connectivity index is 1.87. The Bertz CT molecular complexity index is 905. The summed E-state index contributed by atoms with van der Waals surface area (Å²) in [5, 5.41) is 12.3. The second-order valence-corrected chi connectivity index (χ2v) is 7.21. The lowest BCUT2D eigenvalue weighted by Gasteiger charge is -2.29. The molecule has 26 heavy (non-hydrogen) atoms. The molecule has 0 aromatic heterocycles. The Kier molecular flexibility index (Phi) is 4.34. The predicted octanol–water partition coefficient (Wildman–Crippen LogP) is 4.41. The topological polar surface area (TPSA) is 66.7 Å². The van der Waals surface area contributed by atoms with Gasteiger partial charge in [-0.15, -0.1) is 0 Å². The van der Waals surface area contributed by atoms with Crippen molar-refractivity contribution in [2.45, 2.75) is 25.0 Å². The standard InChI is InChI=1S/C18H15Cl2N3O3/c19-13-8-7-11(10-14(13)20)22-17(21-9-3-6-16(21)18(22)24)12-4-1-2-5-15(12)23(25)26/h1-2,4-5,7-8,10,16-17H,3,6,9H2/t16-,17+/m0/s1. The van der Waals surface area contributed by atoms with Crippen molar-refractivity contribution in [1.29, 1.82) is 0 Å². The van der Waals surface area contributed by atoms with Crippen LogP contribution in [-0.2, 0) is 4.79 Å². The summed E-state index contributed by atoms with van der Waals surface area (Å²) in [6, 6.07) is 11.3. The normalized spacial score (nSPS) is 22.7. The number of nitrogens with zero attached hydrogens (tertiary/aromatic N) is 3. The lowest BCUT2D eigenvalue weighted by molar-refractivity contribution is -0.385. The number of benzene rings is 2. The van der Waals surface area contributed by atoms with Crippen LogP contribution < -0.4 is 4.90 Å². The van der Waals surface area contributed by atoms with Gasteiger partial charge in [-0.1, -0.05) is 35.3 Å². The molecule has 2 atom stereocenters. The Morgan fingerprint density at radius 2 is 1.88 bits per heavy atom. The molecule has 0 N–H and O–H groups in total. The number of nitro benzene ring substituents is 1. The monoisotopic (exact) mass is 391 g/mol. The van der Waals surface area contributed by atoms with Crippen LogP contribution in [0.15, 0.2) is 42.5 Å². The van der Waals surface area contributed by atoms with Gasteiger partial charge in [0.1, 0.15) is 6.17 Å². The first-order chi connectivity index (χ1) is 12.5. The van der Waals surface area contributed by atoms with Gasteiger partial charge in [-0.05, 0) is 37.1 Å². The van der Waals surface area contributed by atoms with E-state index in [4.69, 9.17) is 23.2 Å². The van der Waals surface area contributed by atoms with E-state index in [0.29, 0.717) is 27.8 Å². The summed E-state index contributed by atoms with van der Waals surface area (Å²) in [6.07, 6.45) is 1.10. The van der Waals surface area contributed by atoms with Crippen LogP contribution in [0.5, 0.6) is 0 Å². The number of para-hydroxylation sites is 1. The van der Waals surface area contributed by atoms with Gasteiger partial charge in [-0.3, -0.25) is 24.7 Å². The Morgan fingerprint density at radius 3 is 2.62 bits per heavy atom. The zero-order valence-corrected chi connectivity index (χ0v) is 15.2. The maximum atomic E-state index is 13.1. The van der Waals surface area contributed by atoms with E-state index in [1.54, 1.807) is 41.3 Å². The van der Waals surface area contributed by atoms with Crippen LogP contribution in [0, 0.1) is 10.1 Å². The number of amides is 1. The van der Waals surface area contributed by atoms with Crippen LogP contribution in [0.4, 0.5) is 11.4 Å². The van der Waals surface area contributed by atoms with Gasteiger partial charge in [-0.2, -0.15) is 0 Å². The summed E-state index contributed by atoms with van der Waals surface area (Å²) in [4.78, 5) is 27.9. The highest BCUT2D eigenvalue weighted by Crippen LogP contribution is 2.45. The third kappa shape index (κ3) is 2.65. The van der Waals surface area contributed by atoms with E-state index in [0.717, 1.165) is 12.8 Å². The highest BCUT2D eigenvalue weighted by Gasteiger charge is 2.50. The van der Waals surface area contributed by atoms with E-state index in [1.165, 1.54) is 6.07 Å². The van der Waals surface area contributed by atoms with Crippen LogP contribution in [-0.4, -0.2) is 28.3 Å². The van der Waals surface area contributed by atoms with E-state index in [1.807, 2.05) is 4.90 Å². The maximum Gasteiger partial charge on any atom is 0.276 e. The summed E-state index contributed by atoms with van der Waals surface area (Å²) in [5.74, 6) is -0.0657.